The Labute approximate surface area is 211 Å². The van der Waals surface area contributed by atoms with Crippen molar-refractivity contribution in [3.05, 3.63) is 5.82 Å². The number of aromatic nitrogens is 6. The molecule has 2 aliphatic rings. The third kappa shape index (κ3) is 4.90. The number of carbonyl (C=O) groups is 3. The third-order valence-corrected chi connectivity index (χ3v) is 8.73. The van der Waals surface area contributed by atoms with Crippen LogP contribution in [0.1, 0.15) is 19.2 Å². The van der Waals surface area contributed by atoms with Crippen molar-refractivity contribution < 1.29 is 24.3 Å². The van der Waals surface area contributed by atoms with E-state index in [4.69, 9.17) is 10.6 Å². The van der Waals surface area contributed by atoms with E-state index in [1.54, 1.807) is 4.68 Å². The van der Waals surface area contributed by atoms with E-state index in [9.17, 15) is 19.5 Å². The SMILES string of the molecule is CCCn1nnnc1SCC1(C(=O)O)CS[C@@H]2C(NC(=O)C(=NOC)c3nsc(N)n3)C(=O)N2C1. The van der Waals surface area contributed by atoms with Crippen molar-refractivity contribution in [1.82, 2.24) is 39.8 Å². The van der Waals surface area contributed by atoms with E-state index in [0.29, 0.717) is 11.7 Å². The highest BCUT2D eigenvalue weighted by atomic mass is 32.2. The Balaban J connectivity index is 1.42. The highest BCUT2D eigenvalue weighted by Gasteiger charge is 2.57. The summed E-state index contributed by atoms with van der Waals surface area (Å²) in [7, 11) is 1.26. The first-order chi connectivity index (χ1) is 16.8. The van der Waals surface area contributed by atoms with Crippen molar-refractivity contribution in [2.45, 2.75) is 36.5 Å². The normalized spacial score (nSPS) is 24.0. The number of tetrazole rings is 1. The van der Waals surface area contributed by atoms with E-state index in [2.05, 4.69) is 35.4 Å². The summed E-state index contributed by atoms with van der Waals surface area (Å²) in [4.78, 5) is 48.0. The molecule has 0 bridgehead atoms. The van der Waals surface area contributed by atoms with Crippen molar-refractivity contribution >= 4 is 63.7 Å². The molecule has 0 aliphatic carbocycles. The average Bonchev–Trinajstić information content (AvgIpc) is 3.48. The maximum atomic E-state index is 12.9. The highest BCUT2D eigenvalue weighted by Crippen LogP contribution is 2.44. The molecule has 2 aromatic rings. The zero-order valence-corrected chi connectivity index (χ0v) is 21.1. The smallest absolute Gasteiger partial charge is 0.313 e. The molecule has 0 aromatic carbocycles. The van der Waals surface area contributed by atoms with Crippen LogP contribution in [0.5, 0.6) is 0 Å². The van der Waals surface area contributed by atoms with Gasteiger partial charge in [0, 0.05) is 36.1 Å². The number of rotatable bonds is 10. The van der Waals surface area contributed by atoms with Crippen molar-refractivity contribution in [2.75, 3.05) is 30.9 Å². The quantitative estimate of drug-likeness (QED) is 0.145. The summed E-state index contributed by atoms with van der Waals surface area (Å²) in [6, 6.07) is -0.846. The number of aryl methyl sites for hydroxylation is 1. The lowest BCUT2D eigenvalue weighted by molar-refractivity contribution is -0.157. The molecule has 15 nitrogen and oxygen atoms in total. The first kappa shape index (κ1) is 25.1. The van der Waals surface area contributed by atoms with E-state index in [0.717, 1.165) is 18.0 Å². The fourth-order valence-electron chi connectivity index (χ4n) is 3.58. The summed E-state index contributed by atoms with van der Waals surface area (Å²) in [5, 5.41) is 28.1. The van der Waals surface area contributed by atoms with Crippen LogP contribution in [0.2, 0.25) is 0 Å². The Morgan fingerprint density at radius 2 is 2.26 bits per heavy atom. The van der Waals surface area contributed by atoms with E-state index in [1.165, 1.54) is 35.5 Å². The zero-order chi connectivity index (χ0) is 25.2. The average molecular weight is 543 g/mol. The number of β-lactam (4-membered cyclic amide) rings is 1. The second-order valence-corrected chi connectivity index (χ2v) is 10.6. The minimum Gasteiger partial charge on any atom is -0.481 e. The number of oxime groups is 1. The Morgan fingerprint density at radius 1 is 1.46 bits per heavy atom. The van der Waals surface area contributed by atoms with E-state index >= 15 is 0 Å². The van der Waals surface area contributed by atoms with Gasteiger partial charge < -0.3 is 25.9 Å². The standard InChI is InChI=1S/C17H22N10O5S3/c1-3-4-27-16(21-24-25-27)34-7-17(14(30)31)5-26-12(29)9(13(26)33-6-17)19-11(28)8(22-32-2)10-20-15(18)35-23-10/h9,13H,3-7H2,1-2H3,(H,19,28)(H,30,31)(H2,18,20,23)/t9?,13-,17?/m1/s1. The topological polar surface area (TPSA) is 204 Å². The molecule has 35 heavy (non-hydrogen) atoms. The summed E-state index contributed by atoms with van der Waals surface area (Å²) in [5.41, 5.74) is 4.18. The number of carboxylic acid groups (broad SMARTS) is 1. The molecule has 0 radical (unpaired) electrons. The second kappa shape index (κ2) is 10.3. The number of fused-ring (bicyclic) bond motifs is 1. The maximum absolute atomic E-state index is 12.9. The fourth-order valence-corrected chi connectivity index (χ4v) is 6.78. The van der Waals surface area contributed by atoms with Gasteiger partial charge in [-0.25, -0.2) is 4.68 Å². The minimum absolute atomic E-state index is 0.0107. The van der Waals surface area contributed by atoms with Crippen molar-refractivity contribution in [3.63, 3.8) is 0 Å². The number of nitrogens with zero attached hydrogens (tertiary/aromatic N) is 8. The van der Waals surface area contributed by atoms with Crippen LogP contribution in [0.3, 0.4) is 0 Å². The van der Waals surface area contributed by atoms with Gasteiger partial charge in [-0.2, -0.15) is 9.36 Å². The van der Waals surface area contributed by atoms with Crippen molar-refractivity contribution in [2.24, 2.45) is 10.6 Å². The molecule has 3 atom stereocenters. The van der Waals surface area contributed by atoms with Crippen LogP contribution < -0.4 is 11.1 Å². The van der Waals surface area contributed by atoms with Gasteiger partial charge in [-0.1, -0.05) is 23.8 Å². The van der Waals surface area contributed by atoms with Crippen LogP contribution in [0.4, 0.5) is 5.13 Å². The largest absolute Gasteiger partial charge is 0.481 e. The molecule has 2 fully saturated rings. The minimum atomic E-state index is -1.19. The lowest BCUT2D eigenvalue weighted by Gasteiger charge is -2.53. The fraction of sp³-hybridized carbons (Fsp3) is 0.588. The van der Waals surface area contributed by atoms with E-state index in [1.807, 2.05) is 6.92 Å². The maximum Gasteiger partial charge on any atom is 0.313 e. The number of amides is 2. The summed E-state index contributed by atoms with van der Waals surface area (Å²) in [6.45, 7) is 2.62. The molecule has 2 aromatic heterocycles. The molecule has 4 heterocycles. The monoisotopic (exact) mass is 542 g/mol. The van der Waals surface area contributed by atoms with Gasteiger partial charge in [-0.05, 0) is 16.8 Å². The van der Waals surface area contributed by atoms with Gasteiger partial charge >= 0.3 is 5.97 Å². The van der Waals surface area contributed by atoms with Gasteiger partial charge in [0.15, 0.2) is 5.13 Å². The summed E-state index contributed by atoms with van der Waals surface area (Å²) < 4.78 is 5.58. The molecule has 18 heteroatoms. The Hall–Kier alpha value is -2.99. The van der Waals surface area contributed by atoms with Crippen LogP contribution in [0.25, 0.3) is 0 Å². The zero-order valence-electron chi connectivity index (χ0n) is 18.7. The molecule has 4 rings (SSSR count). The molecular formula is C17H22N10O5S3. The molecule has 2 amide bonds. The molecule has 188 valence electrons. The lowest BCUT2D eigenvalue weighted by atomic mass is 9.89. The molecule has 2 aliphatic heterocycles. The van der Waals surface area contributed by atoms with Crippen LogP contribution in [-0.2, 0) is 25.8 Å². The van der Waals surface area contributed by atoms with E-state index in [-0.39, 0.29) is 40.6 Å². The Kier molecular flexibility index (Phi) is 7.41. The molecule has 2 saturated heterocycles. The number of hydrogen-bond donors (Lipinski definition) is 3. The van der Waals surface area contributed by atoms with Crippen LogP contribution >= 0.6 is 35.1 Å². The number of nitrogen functional groups attached to an aromatic ring is 1. The Bertz CT molecular complexity index is 1160. The number of hydrogen-bond acceptors (Lipinski definition) is 14. The number of carbonyl (C=O) groups excluding carboxylic acids is 2. The third-order valence-electron chi connectivity index (χ3n) is 5.35. The number of aliphatic carboxylic acids is 1. The van der Waals surface area contributed by atoms with Gasteiger partial charge in [0.25, 0.3) is 5.91 Å². The van der Waals surface area contributed by atoms with Gasteiger partial charge in [0.2, 0.25) is 22.6 Å². The number of thioether (sulfide) groups is 2. The van der Waals surface area contributed by atoms with Crippen LogP contribution in [-0.4, -0.2) is 99.6 Å². The van der Waals surface area contributed by atoms with Gasteiger partial charge in [-0.15, -0.1) is 16.9 Å². The van der Waals surface area contributed by atoms with Crippen LogP contribution in [0.15, 0.2) is 10.3 Å². The summed E-state index contributed by atoms with van der Waals surface area (Å²) in [6.07, 6.45) is 0.832. The molecule has 4 N–H and O–H groups in total. The van der Waals surface area contributed by atoms with Gasteiger partial charge in [0.1, 0.15) is 23.9 Å². The highest BCUT2D eigenvalue weighted by molar-refractivity contribution is 8.00. The molecule has 0 spiro atoms. The number of nitrogens with two attached hydrogens (primary N) is 1. The van der Waals surface area contributed by atoms with Crippen molar-refractivity contribution in [3.8, 4) is 0 Å². The predicted molar refractivity (Wildman–Crippen MR) is 127 cm³/mol. The number of anilines is 1. The first-order valence-corrected chi connectivity index (χ1v) is 13.2. The number of carboxylic acids is 1. The summed E-state index contributed by atoms with van der Waals surface area (Å²) in [5.74, 6) is -1.67. The Morgan fingerprint density at radius 3 is 2.91 bits per heavy atom. The lowest BCUT2D eigenvalue weighted by Crippen LogP contribution is -2.74. The van der Waals surface area contributed by atoms with Crippen molar-refractivity contribution in [1.29, 1.82) is 0 Å². The summed E-state index contributed by atoms with van der Waals surface area (Å²) >= 11 is 3.44. The number of nitrogens with one attached hydrogen (secondary N) is 1. The molecule has 2 unspecified atom stereocenters. The van der Waals surface area contributed by atoms with Gasteiger partial charge in [0.05, 0.1) is 0 Å². The molecule has 0 saturated carbocycles. The van der Waals surface area contributed by atoms with E-state index < -0.39 is 28.7 Å². The predicted octanol–water partition coefficient (Wildman–Crippen LogP) is -0.869. The van der Waals surface area contributed by atoms with Gasteiger partial charge in [-0.3, -0.25) is 14.4 Å². The second-order valence-electron chi connectivity index (χ2n) is 7.76. The molecular weight excluding hydrogens is 520 g/mol. The van der Waals surface area contributed by atoms with Crippen LogP contribution in [0, 0.1) is 5.41 Å². The first-order valence-electron chi connectivity index (χ1n) is 10.4.